The van der Waals surface area contributed by atoms with E-state index in [9.17, 15) is 31.2 Å². The van der Waals surface area contributed by atoms with Crippen molar-refractivity contribution in [1.82, 2.24) is 15.2 Å². The number of nitrogen functional groups attached to an aromatic ring is 1. The van der Waals surface area contributed by atoms with Gasteiger partial charge >= 0.3 is 21.7 Å². The third kappa shape index (κ3) is 7.87. The van der Waals surface area contributed by atoms with E-state index in [1.165, 1.54) is 23.2 Å². The number of anilines is 1. The van der Waals surface area contributed by atoms with Crippen molar-refractivity contribution in [2.24, 2.45) is 0 Å². The Labute approximate surface area is 225 Å². The Bertz CT molecular complexity index is 1310. The van der Waals surface area contributed by atoms with E-state index in [-0.39, 0.29) is 30.1 Å². The number of hydrogen-bond donors (Lipinski definition) is 2. The summed E-state index contributed by atoms with van der Waals surface area (Å²) in [4.78, 5) is 31.0. The van der Waals surface area contributed by atoms with Crippen LogP contribution in [0.2, 0.25) is 0 Å². The molecule has 216 valence electrons. The number of likely N-dealkylation sites (tertiary alicyclic amines) is 1. The van der Waals surface area contributed by atoms with E-state index < -0.39 is 39.1 Å². The molecule has 39 heavy (non-hydrogen) atoms. The molecular formula is C25H33F3N4O6S. The van der Waals surface area contributed by atoms with Crippen molar-refractivity contribution in [3.63, 3.8) is 0 Å². The Hall–Kier alpha value is -3.29. The number of alkyl halides is 3. The molecule has 1 aliphatic heterocycles. The van der Waals surface area contributed by atoms with Crippen molar-refractivity contribution in [2.75, 3.05) is 18.8 Å². The number of rotatable bonds is 8. The smallest absolute Gasteiger partial charge is 0.444 e. The van der Waals surface area contributed by atoms with Gasteiger partial charge in [-0.2, -0.15) is 21.6 Å². The molecule has 0 bridgehead atoms. The lowest BCUT2D eigenvalue weighted by molar-refractivity contribution is -0.127. The molecule has 0 saturated carbocycles. The fourth-order valence-electron chi connectivity index (χ4n) is 4.25. The zero-order valence-electron chi connectivity index (χ0n) is 22.0. The number of aromatic nitrogens is 1. The highest BCUT2D eigenvalue weighted by atomic mass is 32.2. The van der Waals surface area contributed by atoms with E-state index in [0.717, 1.165) is 18.9 Å². The Morgan fingerprint density at radius 1 is 1.18 bits per heavy atom. The minimum atomic E-state index is -5.89. The lowest BCUT2D eigenvalue weighted by Gasteiger charge is -2.35. The quantitative estimate of drug-likeness (QED) is 0.271. The molecule has 1 aromatic heterocycles. The topological polar surface area (TPSA) is 141 Å². The average molecular weight is 575 g/mol. The number of piperidine rings is 1. The summed E-state index contributed by atoms with van der Waals surface area (Å²) in [5.74, 6) is -0.783. The summed E-state index contributed by atoms with van der Waals surface area (Å²) in [5, 5.41) is 3.17. The Morgan fingerprint density at radius 2 is 1.90 bits per heavy atom. The van der Waals surface area contributed by atoms with Gasteiger partial charge in [0.05, 0.1) is 17.4 Å². The monoisotopic (exact) mass is 574 g/mol. The number of pyridine rings is 1. The molecule has 1 saturated heterocycles. The van der Waals surface area contributed by atoms with Crippen LogP contribution in [-0.2, 0) is 26.1 Å². The third-order valence-corrected chi connectivity index (χ3v) is 6.99. The summed E-state index contributed by atoms with van der Waals surface area (Å²) in [6, 6.07) is 3.30. The van der Waals surface area contributed by atoms with Gasteiger partial charge in [-0.15, -0.1) is 0 Å². The van der Waals surface area contributed by atoms with E-state index in [2.05, 4.69) is 14.5 Å². The van der Waals surface area contributed by atoms with Crippen LogP contribution in [0.3, 0.4) is 0 Å². The van der Waals surface area contributed by atoms with Crippen molar-refractivity contribution < 1.29 is 40.1 Å². The van der Waals surface area contributed by atoms with Crippen LogP contribution in [-0.4, -0.2) is 60.5 Å². The maximum atomic E-state index is 13.0. The third-order valence-electron chi connectivity index (χ3n) is 6.02. The molecule has 0 spiro atoms. The number of aryl methyl sites for hydroxylation is 1. The standard InChI is InChI=1S/C25H33F3N4O6S/c1-24(2,3)37-23(34)32-13-7-5-9-20(32)22(33)30-12-6-4-8-17-18-14-16(29)15-31-19(18)10-11-21(17)38-39(35,36)25(26,27)28/h10-11,14-15,20H,4-9,12-13,29H2,1-3H3,(H,30,33). The van der Waals surface area contributed by atoms with Crippen molar-refractivity contribution in [2.45, 2.75) is 76.4 Å². The first-order valence-corrected chi connectivity index (χ1v) is 13.9. The summed E-state index contributed by atoms with van der Waals surface area (Å²) in [6.45, 7) is 5.90. The van der Waals surface area contributed by atoms with Gasteiger partial charge in [-0.25, -0.2) is 4.79 Å². The molecule has 0 aliphatic carbocycles. The van der Waals surface area contributed by atoms with Crippen LogP contribution in [0.1, 0.15) is 58.4 Å². The first kappa shape index (κ1) is 30.3. The van der Waals surface area contributed by atoms with Crippen molar-refractivity contribution >= 4 is 38.7 Å². The number of unbranched alkanes of at least 4 members (excludes halogenated alkanes) is 1. The van der Waals surface area contributed by atoms with Crippen molar-refractivity contribution in [1.29, 1.82) is 0 Å². The number of amides is 2. The lowest BCUT2D eigenvalue weighted by atomic mass is 10.0. The largest absolute Gasteiger partial charge is 0.534 e. The summed E-state index contributed by atoms with van der Waals surface area (Å²) >= 11 is 0. The van der Waals surface area contributed by atoms with E-state index in [4.69, 9.17) is 10.5 Å². The van der Waals surface area contributed by atoms with Crippen LogP contribution in [0.4, 0.5) is 23.7 Å². The molecule has 1 fully saturated rings. The molecule has 1 aromatic carbocycles. The van der Waals surface area contributed by atoms with Crippen molar-refractivity contribution in [3.8, 4) is 5.75 Å². The predicted octanol–water partition coefficient (Wildman–Crippen LogP) is 4.27. The molecule has 10 nitrogen and oxygen atoms in total. The molecule has 2 amide bonds. The number of fused-ring (bicyclic) bond motifs is 1. The summed E-state index contributed by atoms with van der Waals surface area (Å²) in [7, 11) is -5.89. The van der Waals surface area contributed by atoms with Gasteiger partial charge in [0.25, 0.3) is 0 Å². The zero-order valence-corrected chi connectivity index (χ0v) is 22.8. The number of hydrogen-bond acceptors (Lipinski definition) is 8. The van der Waals surface area contributed by atoms with Crippen LogP contribution < -0.4 is 15.2 Å². The number of carbonyl (C=O) groups excluding carboxylic acids is 2. The normalized spacial score (nSPS) is 16.7. The summed E-state index contributed by atoms with van der Waals surface area (Å²) in [6.07, 6.45) is 3.81. The van der Waals surface area contributed by atoms with Crippen LogP contribution in [0.25, 0.3) is 10.9 Å². The Morgan fingerprint density at radius 3 is 2.56 bits per heavy atom. The second kappa shape index (κ2) is 11.8. The molecule has 1 unspecified atom stereocenters. The lowest BCUT2D eigenvalue weighted by Crippen LogP contribution is -2.53. The SMILES string of the molecule is CC(C)(C)OC(=O)N1CCCCC1C(=O)NCCCCc1c(OS(=O)(=O)C(F)(F)F)ccc2ncc(N)cc12. The van der Waals surface area contributed by atoms with E-state index in [1.54, 1.807) is 20.8 Å². The van der Waals surface area contributed by atoms with Gasteiger partial charge in [-0.3, -0.25) is 14.7 Å². The average Bonchev–Trinajstić information content (AvgIpc) is 2.82. The molecule has 2 aromatic rings. The number of carbonyl (C=O) groups is 2. The molecule has 14 heteroatoms. The van der Waals surface area contributed by atoms with Gasteiger partial charge in [0, 0.05) is 24.0 Å². The zero-order chi connectivity index (χ0) is 29.0. The predicted molar refractivity (Wildman–Crippen MR) is 138 cm³/mol. The second-order valence-electron chi connectivity index (χ2n) is 10.3. The van der Waals surface area contributed by atoms with Crippen LogP contribution in [0.5, 0.6) is 5.75 Å². The minimum Gasteiger partial charge on any atom is -0.444 e. The minimum absolute atomic E-state index is 0.133. The van der Waals surface area contributed by atoms with Gasteiger partial charge < -0.3 is 20.0 Å². The molecule has 1 aliphatic rings. The number of ether oxygens (including phenoxy) is 1. The van der Waals surface area contributed by atoms with Gasteiger partial charge in [0.1, 0.15) is 17.4 Å². The molecule has 1 atom stereocenters. The number of halogens is 3. The van der Waals surface area contributed by atoms with Crippen LogP contribution in [0.15, 0.2) is 24.4 Å². The fourth-order valence-corrected chi connectivity index (χ4v) is 4.74. The Balaban J connectivity index is 1.66. The number of nitrogens with two attached hydrogens (primary N) is 1. The van der Waals surface area contributed by atoms with Crippen molar-refractivity contribution in [3.05, 3.63) is 30.0 Å². The summed E-state index contributed by atoms with van der Waals surface area (Å²) < 4.78 is 72.0. The molecule has 2 heterocycles. The maximum absolute atomic E-state index is 13.0. The number of benzene rings is 1. The molecular weight excluding hydrogens is 541 g/mol. The van der Waals surface area contributed by atoms with Gasteiger partial charge in [-0.05, 0) is 77.5 Å². The number of nitrogens with zero attached hydrogens (tertiary/aromatic N) is 2. The van der Waals surface area contributed by atoms with E-state index >= 15 is 0 Å². The van der Waals surface area contributed by atoms with Gasteiger partial charge in [-0.1, -0.05) is 0 Å². The highest BCUT2D eigenvalue weighted by Gasteiger charge is 2.48. The number of nitrogens with one attached hydrogen (secondary N) is 1. The fraction of sp³-hybridized carbons (Fsp3) is 0.560. The van der Waals surface area contributed by atoms with Crippen LogP contribution in [0, 0.1) is 0 Å². The van der Waals surface area contributed by atoms with Gasteiger partial charge in [0.2, 0.25) is 5.91 Å². The highest BCUT2D eigenvalue weighted by molar-refractivity contribution is 7.88. The summed E-state index contributed by atoms with van der Waals surface area (Å²) in [5.41, 5.74) is 0.366. The maximum Gasteiger partial charge on any atom is 0.534 e. The van der Waals surface area contributed by atoms with E-state index in [1.807, 2.05) is 0 Å². The first-order valence-electron chi connectivity index (χ1n) is 12.5. The van der Waals surface area contributed by atoms with E-state index in [0.29, 0.717) is 36.7 Å². The highest BCUT2D eigenvalue weighted by Crippen LogP contribution is 2.34. The van der Waals surface area contributed by atoms with Crippen LogP contribution >= 0.6 is 0 Å². The second-order valence-corrected chi connectivity index (χ2v) is 11.8. The molecule has 3 N–H and O–H groups in total. The first-order chi connectivity index (χ1) is 18.1. The molecule has 3 rings (SSSR count). The van der Waals surface area contributed by atoms with Gasteiger partial charge in [0.15, 0.2) is 0 Å². The Kier molecular flexibility index (Phi) is 9.19. The molecule has 0 radical (unpaired) electrons.